The molecule has 3 aliphatic heterocycles. The van der Waals surface area contributed by atoms with Gasteiger partial charge in [0.1, 0.15) is 5.82 Å². The molecule has 1 aromatic carbocycles. The van der Waals surface area contributed by atoms with Crippen molar-refractivity contribution in [2.75, 3.05) is 76.4 Å². The van der Waals surface area contributed by atoms with Crippen LogP contribution in [-0.4, -0.2) is 121 Å². The van der Waals surface area contributed by atoms with Gasteiger partial charge in [0.15, 0.2) is 5.65 Å². The number of benzene rings is 1. The molecule has 2 saturated heterocycles. The van der Waals surface area contributed by atoms with E-state index in [1.165, 1.54) is 24.1 Å². The van der Waals surface area contributed by atoms with Crippen LogP contribution in [0.15, 0.2) is 30.3 Å². The number of hydrogen-bond donors (Lipinski definition) is 1. The van der Waals surface area contributed by atoms with E-state index in [9.17, 15) is 14.0 Å². The van der Waals surface area contributed by atoms with E-state index in [1.807, 2.05) is 11.0 Å². The summed E-state index contributed by atoms with van der Waals surface area (Å²) in [6.45, 7) is 14.1. The fraction of sp³-hybridized carbons (Fsp3) is 0.576. The number of aromatic nitrogens is 3. The Morgan fingerprint density at radius 2 is 1.96 bits per heavy atom. The van der Waals surface area contributed by atoms with Gasteiger partial charge in [0, 0.05) is 75.3 Å². The zero-order valence-corrected chi connectivity index (χ0v) is 27.6. The number of methoxy groups -OCH3 is 1. The average molecular weight is 637 g/mol. The molecular weight excluding hydrogens is 591 g/mol. The van der Waals surface area contributed by atoms with Crippen LogP contribution in [0.1, 0.15) is 44.5 Å². The summed E-state index contributed by atoms with van der Waals surface area (Å²) < 4.78 is 26.1. The Morgan fingerprint density at radius 3 is 2.67 bits per heavy atom. The van der Waals surface area contributed by atoms with E-state index in [0.717, 1.165) is 61.9 Å². The molecule has 2 aromatic heterocycles. The van der Waals surface area contributed by atoms with Crippen LogP contribution in [0.4, 0.5) is 20.8 Å². The number of rotatable bonds is 7. The Balaban J connectivity index is 1.35. The van der Waals surface area contributed by atoms with Crippen molar-refractivity contribution in [3.05, 3.63) is 53.0 Å². The molecule has 0 unspecified atom stereocenters. The van der Waals surface area contributed by atoms with Crippen molar-refractivity contribution in [1.82, 2.24) is 29.7 Å². The van der Waals surface area contributed by atoms with Gasteiger partial charge in [-0.3, -0.25) is 14.6 Å². The smallest absolute Gasteiger partial charge is 0.416 e. The minimum atomic E-state index is -0.588. The standard InChI is InChI=1S/C33H45FN8O4/c1-21-16-40(26(15-35-21)17-39-11-12-46-19-22(39)2)18-28(43)41-20-33(3,4)29-27(41)14-24(13-23-7-9-25(34)10-8-23)30-36-31(37-42(29)30)38(5)32(44)45-6/h7-10,14,21-22,26,35H,11-13,15-20H2,1-6H3/t21-,22-,26-/m1/s1. The summed E-state index contributed by atoms with van der Waals surface area (Å²) >= 11 is 0. The zero-order valence-electron chi connectivity index (χ0n) is 27.6. The Bertz CT molecular complexity index is 1590. The molecule has 248 valence electrons. The Kier molecular flexibility index (Phi) is 9.03. The lowest BCUT2D eigenvalue weighted by atomic mass is 9.90. The van der Waals surface area contributed by atoms with Crippen LogP contribution in [0.2, 0.25) is 0 Å². The van der Waals surface area contributed by atoms with Gasteiger partial charge < -0.3 is 19.7 Å². The number of anilines is 2. The number of ether oxygens (including phenoxy) is 2. The van der Waals surface area contributed by atoms with E-state index in [0.29, 0.717) is 31.2 Å². The van der Waals surface area contributed by atoms with Crippen LogP contribution >= 0.6 is 0 Å². The second kappa shape index (κ2) is 12.9. The third-order valence-electron chi connectivity index (χ3n) is 9.51. The van der Waals surface area contributed by atoms with E-state index in [4.69, 9.17) is 19.6 Å². The highest BCUT2D eigenvalue weighted by Crippen LogP contribution is 2.42. The first kappa shape index (κ1) is 32.3. The summed E-state index contributed by atoms with van der Waals surface area (Å²) in [4.78, 5) is 39.4. The van der Waals surface area contributed by atoms with Gasteiger partial charge in [-0.1, -0.05) is 26.0 Å². The summed E-state index contributed by atoms with van der Waals surface area (Å²) in [7, 11) is 2.87. The first-order valence-electron chi connectivity index (χ1n) is 16.0. The van der Waals surface area contributed by atoms with Crippen molar-refractivity contribution in [2.24, 2.45) is 0 Å². The lowest BCUT2D eigenvalue weighted by molar-refractivity contribution is -0.121. The normalized spacial score (nSPS) is 23.5. The molecule has 5 heterocycles. The van der Waals surface area contributed by atoms with Gasteiger partial charge in [-0.25, -0.2) is 18.6 Å². The number of carbonyl (C=O) groups excluding carboxylic acids is 2. The molecule has 3 aromatic rings. The number of carbonyl (C=O) groups is 2. The first-order chi connectivity index (χ1) is 21.9. The number of fused-ring (bicyclic) bond motifs is 3. The molecule has 0 radical (unpaired) electrons. The number of amides is 2. The number of nitrogens with zero attached hydrogens (tertiary/aromatic N) is 7. The maximum atomic E-state index is 14.3. The molecule has 0 aliphatic carbocycles. The fourth-order valence-electron chi connectivity index (χ4n) is 6.97. The molecule has 12 nitrogen and oxygen atoms in total. The Labute approximate surface area is 269 Å². The number of nitrogens with one attached hydrogen (secondary N) is 1. The molecule has 1 N–H and O–H groups in total. The van der Waals surface area contributed by atoms with Gasteiger partial charge in [0.05, 0.1) is 38.2 Å². The molecule has 2 fully saturated rings. The minimum Gasteiger partial charge on any atom is -0.452 e. The lowest BCUT2D eigenvalue weighted by Gasteiger charge is -2.43. The molecular formula is C33H45FN8O4. The number of pyridine rings is 1. The number of piperazine rings is 1. The molecule has 0 saturated carbocycles. The van der Waals surface area contributed by atoms with Crippen molar-refractivity contribution in [3.8, 4) is 0 Å². The third kappa shape index (κ3) is 6.33. The summed E-state index contributed by atoms with van der Waals surface area (Å²) in [6, 6.07) is 9.17. The highest BCUT2D eigenvalue weighted by molar-refractivity contribution is 5.98. The molecule has 0 spiro atoms. The molecule has 0 bridgehead atoms. The predicted octanol–water partition coefficient (Wildman–Crippen LogP) is 2.67. The van der Waals surface area contributed by atoms with E-state index >= 15 is 0 Å². The molecule has 3 aliphatic rings. The molecule has 13 heteroatoms. The van der Waals surface area contributed by atoms with Crippen LogP contribution in [0.3, 0.4) is 0 Å². The van der Waals surface area contributed by atoms with Gasteiger partial charge in [-0.15, -0.1) is 5.10 Å². The van der Waals surface area contributed by atoms with Crippen molar-refractivity contribution < 1.29 is 23.5 Å². The monoisotopic (exact) mass is 636 g/mol. The summed E-state index contributed by atoms with van der Waals surface area (Å²) in [5, 5.41) is 8.38. The van der Waals surface area contributed by atoms with Crippen LogP contribution in [0.25, 0.3) is 5.65 Å². The van der Waals surface area contributed by atoms with Crippen molar-refractivity contribution in [1.29, 1.82) is 0 Å². The average Bonchev–Trinajstić information content (AvgIpc) is 3.58. The van der Waals surface area contributed by atoms with Gasteiger partial charge >= 0.3 is 6.09 Å². The second-order valence-electron chi connectivity index (χ2n) is 13.6. The number of halogens is 1. The summed E-state index contributed by atoms with van der Waals surface area (Å²) in [6.07, 6.45) is -0.149. The number of morpholine rings is 1. The number of hydrogen-bond acceptors (Lipinski definition) is 9. The first-order valence-corrected chi connectivity index (χ1v) is 16.0. The topological polar surface area (TPSA) is 108 Å². The van der Waals surface area contributed by atoms with E-state index in [1.54, 1.807) is 23.7 Å². The van der Waals surface area contributed by atoms with E-state index < -0.39 is 11.5 Å². The van der Waals surface area contributed by atoms with E-state index in [-0.39, 0.29) is 29.8 Å². The van der Waals surface area contributed by atoms with Gasteiger partial charge in [0.2, 0.25) is 5.91 Å². The lowest BCUT2D eigenvalue weighted by Crippen LogP contribution is -2.62. The molecule has 46 heavy (non-hydrogen) atoms. The van der Waals surface area contributed by atoms with Crippen LogP contribution in [0, 0.1) is 5.82 Å². The van der Waals surface area contributed by atoms with E-state index in [2.05, 4.69) is 42.8 Å². The zero-order chi connectivity index (χ0) is 32.7. The van der Waals surface area contributed by atoms with Crippen LogP contribution in [0.5, 0.6) is 0 Å². The van der Waals surface area contributed by atoms with Crippen molar-refractivity contribution in [2.45, 2.75) is 57.7 Å². The SMILES string of the molecule is COC(=O)N(C)c1nc2c(Cc3ccc(F)cc3)cc3c(n2n1)C(C)(C)CN3C(=O)CN1C[C@@H](C)NC[C@@H]1CN1CCOC[C@H]1C. The highest BCUT2D eigenvalue weighted by Gasteiger charge is 2.43. The Hall–Kier alpha value is -3.65. The third-order valence-corrected chi connectivity index (χ3v) is 9.51. The molecule has 2 amide bonds. The van der Waals surface area contributed by atoms with Crippen LogP contribution in [-0.2, 0) is 26.1 Å². The predicted molar refractivity (Wildman–Crippen MR) is 173 cm³/mol. The summed E-state index contributed by atoms with van der Waals surface area (Å²) in [5.41, 5.74) is 3.45. The van der Waals surface area contributed by atoms with Crippen LogP contribution < -0.4 is 15.1 Å². The van der Waals surface area contributed by atoms with Crippen molar-refractivity contribution >= 4 is 29.3 Å². The Morgan fingerprint density at radius 1 is 1.20 bits per heavy atom. The maximum absolute atomic E-state index is 14.3. The van der Waals surface area contributed by atoms with Gasteiger partial charge in [-0.2, -0.15) is 4.98 Å². The maximum Gasteiger partial charge on any atom is 0.416 e. The molecule has 3 atom stereocenters. The minimum absolute atomic E-state index is 0.0278. The van der Waals surface area contributed by atoms with Gasteiger partial charge in [-0.05, 0) is 37.6 Å². The van der Waals surface area contributed by atoms with Gasteiger partial charge in [0.25, 0.3) is 5.95 Å². The highest BCUT2D eigenvalue weighted by atomic mass is 19.1. The largest absolute Gasteiger partial charge is 0.452 e. The molecule has 6 rings (SSSR count). The quantitative estimate of drug-likeness (QED) is 0.419. The second-order valence-corrected chi connectivity index (χ2v) is 13.6. The summed E-state index contributed by atoms with van der Waals surface area (Å²) in [5.74, 6) is -0.0920. The van der Waals surface area contributed by atoms with Crippen molar-refractivity contribution in [3.63, 3.8) is 0 Å². The fourth-order valence-corrected chi connectivity index (χ4v) is 6.97.